The van der Waals surface area contributed by atoms with E-state index < -0.39 is 33.7 Å². The van der Waals surface area contributed by atoms with Crippen LogP contribution in [0.15, 0.2) is 0 Å². The molecule has 7 nitrogen and oxygen atoms in total. The molecule has 9 heteroatoms. The number of hydrogen-bond donors (Lipinski definition) is 1. The third-order valence-electron chi connectivity index (χ3n) is 6.33. The molecule has 0 aromatic carbocycles. The van der Waals surface area contributed by atoms with Crippen LogP contribution in [0.2, 0.25) is 0 Å². The van der Waals surface area contributed by atoms with Crippen molar-refractivity contribution in [3.8, 4) is 0 Å². The van der Waals surface area contributed by atoms with Gasteiger partial charge in [0.2, 0.25) is 0 Å². The molecular formula is C28H54NaO7S. The fraction of sp³-hybridized carbons (Fsp3) is 0.929. The van der Waals surface area contributed by atoms with Gasteiger partial charge in [0, 0.05) is 29.6 Å². The molecule has 0 aliphatic rings. The molecule has 0 aromatic heterocycles. The van der Waals surface area contributed by atoms with E-state index in [1.165, 1.54) is 51.4 Å². The summed E-state index contributed by atoms with van der Waals surface area (Å²) in [5, 5.41) is -1.93. The number of ether oxygens (including phenoxy) is 2. The van der Waals surface area contributed by atoms with Crippen molar-refractivity contribution in [2.45, 2.75) is 142 Å². The molecule has 1 N–H and O–H groups in total. The summed E-state index contributed by atoms with van der Waals surface area (Å²) in [6.07, 6.45) is 16.7. The van der Waals surface area contributed by atoms with Crippen LogP contribution in [0.1, 0.15) is 137 Å². The Balaban J connectivity index is 0. The molecule has 0 rings (SSSR count). The van der Waals surface area contributed by atoms with Crippen molar-refractivity contribution in [2.24, 2.45) is 11.8 Å². The van der Waals surface area contributed by atoms with Gasteiger partial charge < -0.3 is 9.47 Å². The SMILES string of the molecule is CC(C)CCCCCCCCCOC(=O)CC(C(=O)OCCCCCCCCCC(C)C)S(=O)(=O)O.[Na]. The molecule has 0 saturated carbocycles. The number of rotatable bonds is 24. The van der Waals surface area contributed by atoms with E-state index in [-0.39, 0.29) is 42.8 Å². The van der Waals surface area contributed by atoms with Gasteiger partial charge in [0.15, 0.2) is 5.25 Å². The first-order valence-electron chi connectivity index (χ1n) is 14.3. The van der Waals surface area contributed by atoms with Crippen molar-refractivity contribution >= 4 is 51.6 Å². The summed E-state index contributed by atoms with van der Waals surface area (Å²) in [5.41, 5.74) is 0. The van der Waals surface area contributed by atoms with Gasteiger partial charge in [0.1, 0.15) is 0 Å². The van der Waals surface area contributed by atoms with Crippen LogP contribution >= 0.6 is 0 Å². The molecule has 0 fully saturated rings. The molecule has 0 saturated heterocycles. The first-order chi connectivity index (χ1) is 17.0. The average Bonchev–Trinajstić information content (AvgIpc) is 2.78. The number of carbonyl (C=O) groups is 2. The first kappa shape index (κ1) is 39.0. The number of carbonyl (C=O) groups excluding carboxylic acids is 2. The molecule has 37 heavy (non-hydrogen) atoms. The summed E-state index contributed by atoms with van der Waals surface area (Å²) in [6, 6.07) is 0. The van der Waals surface area contributed by atoms with E-state index in [1.54, 1.807) is 0 Å². The van der Waals surface area contributed by atoms with Crippen molar-refractivity contribution in [2.75, 3.05) is 13.2 Å². The fourth-order valence-electron chi connectivity index (χ4n) is 4.05. The van der Waals surface area contributed by atoms with Crippen LogP contribution in [0.25, 0.3) is 0 Å². The molecule has 1 radical (unpaired) electrons. The van der Waals surface area contributed by atoms with E-state index in [0.29, 0.717) is 12.8 Å². The second-order valence-electron chi connectivity index (χ2n) is 10.9. The van der Waals surface area contributed by atoms with E-state index in [9.17, 15) is 22.6 Å². The molecule has 215 valence electrons. The Bertz CT molecular complexity index is 665. The molecule has 0 aromatic rings. The second kappa shape index (κ2) is 24.9. The summed E-state index contributed by atoms with van der Waals surface area (Å²) in [4.78, 5) is 24.2. The molecule has 1 atom stereocenters. The van der Waals surface area contributed by atoms with Gasteiger partial charge >= 0.3 is 11.9 Å². The zero-order chi connectivity index (χ0) is 27.2. The smallest absolute Gasteiger partial charge is 0.327 e. The monoisotopic (exact) mass is 557 g/mol. The third kappa shape index (κ3) is 25.9. The van der Waals surface area contributed by atoms with Crippen LogP contribution in [-0.2, 0) is 29.2 Å². The second-order valence-corrected chi connectivity index (χ2v) is 12.5. The quantitative estimate of drug-likeness (QED) is 0.0596. The molecule has 0 aliphatic carbocycles. The van der Waals surface area contributed by atoms with Crippen LogP contribution < -0.4 is 0 Å². The number of esters is 2. The van der Waals surface area contributed by atoms with Crippen molar-refractivity contribution in [1.29, 1.82) is 0 Å². The Hall–Kier alpha value is -0.150. The normalized spacial score (nSPS) is 12.4. The summed E-state index contributed by atoms with van der Waals surface area (Å²) < 4.78 is 42.7. The molecule has 0 heterocycles. The fourth-order valence-corrected chi connectivity index (χ4v) is 4.71. The van der Waals surface area contributed by atoms with E-state index >= 15 is 0 Å². The van der Waals surface area contributed by atoms with Crippen LogP contribution in [0.3, 0.4) is 0 Å². The predicted molar refractivity (Wildman–Crippen MR) is 151 cm³/mol. The summed E-state index contributed by atoms with van der Waals surface area (Å²) >= 11 is 0. The number of unbranched alkanes of at least 4 members (excludes halogenated alkanes) is 12. The molecular weight excluding hydrogens is 503 g/mol. The van der Waals surface area contributed by atoms with Gasteiger partial charge in [-0.15, -0.1) is 0 Å². The Morgan fingerprint density at radius 2 is 0.973 bits per heavy atom. The Kier molecular flexibility index (Phi) is 26.2. The Labute approximate surface area is 249 Å². The third-order valence-corrected chi connectivity index (χ3v) is 7.41. The van der Waals surface area contributed by atoms with Crippen molar-refractivity contribution in [1.82, 2.24) is 0 Å². The topological polar surface area (TPSA) is 107 Å². The van der Waals surface area contributed by atoms with Crippen molar-refractivity contribution in [3.63, 3.8) is 0 Å². The van der Waals surface area contributed by atoms with Gasteiger partial charge in [-0.1, -0.05) is 118 Å². The Morgan fingerprint density at radius 3 is 1.35 bits per heavy atom. The Morgan fingerprint density at radius 1 is 0.622 bits per heavy atom. The van der Waals surface area contributed by atoms with Crippen LogP contribution in [-0.4, -0.2) is 72.9 Å². The molecule has 0 amide bonds. The minimum absolute atomic E-state index is 0. The predicted octanol–water partition coefficient (Wildman–Crippen LogP) is 6.89. The maximum Gasteiger partial charge on any atom is 0.327 e. The van der Waals surface area contributed by atoms with E-state index in [1.807, 2.05) is 0 Å². The van der Waals surface area contributed by atoms with Crippen LogP contribution in [0.5, 0.6) is 0 Å². The van der Waals surface area contributed by atoms with Gasteiger partial charge in [0.25, 0.3) is 10.1 Å². The largest absolute Gasteiger partial charge is 0.466 e. The van der Waals surface area contributed by atoms with Crippen molar-refractivity contribution < 1.29 is 32.0 Å². The summed E-state index contributed by atoms with van der Waals surface area (Å²) in [5.74, 6) is -0.413. The van der Waals surface area contributed by atoms with Gasteiger partial charge in [-0.05, 0) is 24.7 Å². The zero-order valence-corrected chi connectivity index (χ0v) is 27.3. The minimum atomic E-state index is -4.76. The molecule has 0 bridgehead atoms. The van der Waals surface area contributed by atoms with Crippen molar-refractivity contribution in [3.05, 3.63) is 0 Å². The minimum Gasteiger partial charge on any atom is -0.466 e. The molecule has 1 unspecified atom stereocenters. The van der Waals surface area contributed by atoms with Gasteiger partial charge in [0.05, 0.1) is 19.6 Å². The van der Waals surface area contributed by atoms with Crippen LogP contribution in [0, 0.1) is 11.8 Å². The van der Waals surface area contributed by atoms with Gasteiger partial charge in [-0.25, -0.2) is 0 Å². The maximum absolute atomic E-state index is 12.2. The van der Waals surface area contributed by atoms with E-state index in [0.717, 1.165) is 50.4 Å². The number of hydrogen-bond acceptors (Lipinski definition) is 6. The molecule has 0 aliphatic heterocycles. The standard InChI is InChI=1S/C28H54O7S.Na/c1-24(2)19-15-11-7-5-9-13-17-21-34-27(29)23-26(36(31,32)33)28(30)35-22-18-14-10-6-8-12-16-20-25(3)4;/h24-26H,5-23H2,1-4H3,(H,31,32,33);. The summed E-state index contributed by atoms with van der Waals surface area (Å²) in [6.45, 7) is 9.19. The van der Waals surface area contributed by atoms with Gasteiger partial charge in [-0.2, -0.15) is 8.42 Å². The zero-order valence-electron chi connectivity index (χ0n) is 24.5. The average molecular weight is 558 g/mol. The van der Waals surface area contributed by atoms with Gasteiger partial charge in [-0.3, -0.25) is 14.1 Å². The van der Waals surface area contributed by atoms with E-state index in [2.05, 4.69) is 27.7 Å². The maximum atomic E-state index is 12.2. The first-order valence-corrected chi connectivity index (χ1v) is 15.8. The van der Waals surface area contributed by atoms with E-state index in [4.69, 9.17) is 9.47 Å². The van der Waals surface area contributed by atoms with Crippen LogP contribution in [0.4, 0.5) is 0 Å². The molecule has 0 spiro atoms. The summed E-state index contributed by atoms with van der Waals surface area (Å²) in [7, 11) is -4.76.